The fourth-order valence-corrected chi connectivity index (χ4v) is 9.40. The first-order valence-corrected chi connectivity index (χ1v) is 20.4. The van der Waals surface area contributed by atoms with Gasteiger partial charge in [0.1, 0.15) is 11.2 Å². The van der Waals surface area contributed by atoms with Crippen molar-refractivity contribution in [3.63, 3.8) is 0 Å². The average molecular weight is 756 g/mol. The number of fused-ring (bicyclic) bond motifs is 6. The molecule has 0 bridgehead atoms. The van der Waals surface area contributed by atoms with Gasteiger partial charge in [0.05, 0.1) is 11.1 Å². The molecule has 1 aromatic heterocycles. The van der Waals surface area contributed by atoms with Crippen molar-refractivity contribution >= 4 is 39.0 Å². The zero-order valence-corrected chi connectivity index (χ0v) is 33.1. The minimum absolute atomic E-state index is 0.220. The summed E-state index contributed by atoms with van der Waals surface area (Å²) in [7, 11) is 0. The molecule has 0 atom stereocenters. The zero-order valence-electron chi connectivity index (χ0n) is 33.1. The van der Waals surface area contributed by atoms with Crippen LogP contribution in [0.1, 0.15) is 25.0 Å². The van der Waals surface area contributed by atoms with Gasteiger partial charge in [0.15, 0.2) is 0 Å². The van der Waals surface area contributed by atoms with Crippen molar-refractivity contribution in [3.05, 3.63) is 223 Å². The summed E-state index contributed by atoms with van der Waals surface area (Å²) in [5.41, 5.74) is 19.5. The molecule has 1 aliphatic rings. The molecule has 0 saturated carbocycles. The third-order valence-electron chi connectivity index (χ3n) is 12.3. The Bertz CT molecular complexity index is 3160. The van der Waals surface area contributed by atoms with Gasteiger partial charge in [0, 0.05) is 22.2 Å². The Balaban J connectivity index is 1.23. The van der Waals surface area contributed by atoms with Gasteiger partial charge in [-0.1, -0.05) is 178 Å². The van der Waals surface area contributed by atoms with Crippen LogP contribution in [0.25, 0.3) is 77.6 Å². The Hall–Kier alpha value is -7.42. The number of benzene rings is 9. The van der Waals surface area contributed by atoms with Gasteiger partial charge in [-0.3, -0.25) is 0 Å². The van der Waals surface area contributed by atoms with E-state index in [0.29, 0.717) is 0 Å². The summed E-state index contributed by atoms with van der Waals surface area (Å²) < 4.78 is 6.69. The second-order valence-corrected chi connectivity index (χ2v) is 16.1. The quantitative estimate of drug-likeness (QED) is 0.161. The molecule has 1 aliphatic carbocycles. The van der Waals surface area contributed by atoms with Gasteiger partial charge in [-0.05, 0) is 115 Å². The van der Waals surface area contributed by atoms with Crippen LogP contribution in [0.5, 0.6) is 0 Å². The molecule has 10 aromatic rings. The Labute approximate surface area is 345 Å². The van der Waals surface area contributed by atoms with Crippen LogP contribution in [0.2, 0.25) is 0 Å². The van der Waals surface area contributed by atoms with Crippen molar-refractivity contribution in [3.8, 4) is 55.6 Å². The molecule has 59 heavy (non-hydrogen) atoms. The monoisotopic (exact) mass is 755 g/mol. The maximum atomic E-state index is 6.69. The van der Waals surface area contributed by atoms with Gasteiger partial charge < -0.3 is 9.32 Å². The van der Waals surface area contributed by atoms with Crippen LogP contribution in [-0.2, 0) is 5.41 Å². The van der Waals surface area contributed by atoms with Crippen LogP contribution < -0.4 is 4.90 Å². The second kappa shape index (κ2) is 13.9. The summed E-state index contributed by atoms with van der Waals surface area (Å²) in [5.74, 6) is 0. The van der Waals surface area contributed by atoms with Gasteiger partial charge >= 0.3 is 0 Å². The molecule has 280 valence electrons. The van der Waals surface area contributed by atoms with Crippen LogP contribution in [0.15, 0.2) is 217 Å². The lowest BCUT2D eigenvalue weighted by molar-refractivity contribution is 0.660. The van der Waals surface area contributed by atoms with Crippen molar-refractivity contribution in [1.82, 2.24) is 0 Å². The average Bonchev–Trinajstić information content (AvgIpc) is 3.79. The molecule has 0 spiro atoms. The summed E-state index contributed by atoms with van der Waals surface area (Å²) in [6.45, 7) is 4.75. The molecule has 2 heteroatoms. The standard InChI is InChI=1S/C57H41NO/c1-57(2)50-27-16-15-26-46(50)55-48(41-24-13-6-14-25-41)36-44(37-51(55)57)58(43-31-32-45(39-20-9-4-10-21-39)47(35-43)40-22-11-5-12-23-40)52-28-17-29-54-56(52)49-34-42(30-33-53(49)59-54)38-18-7-3-8-19-38/h3-37H,1-2H3. The molecule has 0 saturated heterocycles. The highest BCUT2D eigenvalue weighted by Crippen LogP contribution is 2.55. The minimum Gasteiger partial charge on any atom is -0.456 e. The van der Waals surface area contributed by atoms with Crippen LogP contribution in [0.4, 0.5) is 17.1 Å². The third kappa shape index (κ3) is 5.79. The molecule has 0 amide bonds. The maximum absolute atomic E-state index is 6.69. The Morgan fingerprint density at radius 2 is 0.966 bits per heavy atom. The summed E-state index contributed by atoms with van der Waals surface area (Å²) in [6, 6.07) is 76.9. The van der Waals surface area contributed by atoms with Crippen molar-refractivity contribution in [1.29, 1.82) is 0 Å². The predicted octanol–water partition coefficient (Wildman–Crippen LogP) is 16.0. The maximum Gasteiger partial charge on any atom is 0.137 e. The molecule has 0 radical (unpaired) electrons. The van der Waals surface area contributed by atoms with E-state index < -0.39 is 0 Å². The Morgan fingerprint density at radius 3 is 1.66 bits per heavy atom. The van der Waals surface area contributed by atoms with Gasteiger partial charge in [-0.15, -0.1) is 0 Å². The first-order chi connectivity index (χ1) is 29.0. The van der Waals surface area contributed by atoms with E-state index in [-0.39, 0.29) is 5.41 Å². The van der Waals surface area contributed by atoms with E-state index in [2.05, 4.69) is 231 Å². The molecule has 2 nitrogen and oxygen atoms in total. The van der Waals surface area contributed by atoms with Crippen LogP contribution >= 0.6 is 0 Å². The highest BCUT2D eigenvalue weighted by Gasteiger charge is 2.38. The van der Waals surface area contributed by atoms with E-state index in [0.717, 1.165) is 44.6 Å². The molecule has 11 rings (SSSR count). The summed E-state index contributed by atoms with van der Waals surface area (Å²) in [5, 5.41) is 2.17. The minimum atomic E-state index is -0.220. The molecule has 0 unspecified atom stereocenters. The van der Waals surface area contributed by atoms with Gasteiger partial charge in [0.25, 0.3) is 0 Å². The first kappa shape index (κ1) is 34.8. The molecule has 0 fully saturated rings. The van der Waals surface area contributed by atoms with Crippen LogP contribution in [0, 0.1) is 0 Å². The lowest BCUT2D eigenvalue weighted by Gasteiger charge is -2.30. The summed E-state index contributed by atoms with van der Waals surface area (Å²) in [4.78, 5) is 2.47. The zero-order chi connectivity index (χ0) is 39.5. The number of furan rings is 1. The molecule has 9 aromatic carbocycles. The highest BCUT2D eigenvalue weighted by molar-refractivity contribution is 6.14. The predicted molar refractivity (Wildman–Crippen MR) is 248 cm³/mol. The van der Waals surface area contributed by atoms with E-state index in [1.165, 1.54) is 61.2 Å². The van der Waals surface area contributed by atoms with Crippen LogP contribution in [0.3, 0.4) is 0 Å². The van der Waals surface area contributed by atoms with Gasteiger partial charge in [-0.25, -0.2) is 0 Å². The number of hydrogen-bond donors (Lipinski definition) is 0. The third-order valence-corrected chi connectivity index (χ3v) is 12.3. The smallest absolute Gasteiger partial charge is 0.137 e. The molecule has 1 heterocycles. The number of nitrogens with zero attached hydrogens (tertiary/aromatic N) is 1. The van der Waals surface area contributed by atoms with Gasteiger partial charge in [-0.2, -0.15) is 0 Å². The van der Waals surface area contributed by atoms with Crippen molar-refractivity contribution in [2.45, 2.75) is 19.3 Å². The Kier molecular flexibility index (Phi) is 8.20. The topological polar surface area (TPSA) is 16.4 Å². The molecule has 0 N–H and O–H groups in total. The molecular formula is C57H41NO. The van der Waals surface area contributed by atoms with E-state index in [1.54, 1.807) is 0 Å². The van der Waals surface area contributed by atoms with E-state index in [4.69, 9.17) is 4.42 Å². The van der Waals surface area contributed by atoms with Crippen molar-refractivity contribution in [2.75, 3.05) is 4.90 Å². The molecule has 0 aliphatic heterocycles. The lowest BCUT2D eigenvalue weighted by Crippen LogP contribution is -2.17. The molecular weight excluding hydrogens is 715 g/mol. The second-order valence-electron chi connectivity index (χ2n) is 16.1. The Morgan fingerprint density at radius 1 is 0.373 bits per heavy atom. The summed E-state index contributed by atoms with van der Waals surface area (Å²) in [6.07, 6.45) is 0. The van der Waals surface area contributed by atoms with Crippen molar-refractivity contribution < 1.29 is 4.42 Å². The van der Waals surface area contributed by atoms with Crippen molar-refractivity contribution in [2.24, 2.45) is 0 Å². The fraction of sp³-hybridized carbons (Fsp3) is 0.0526. The van der Waals surface area contributed by atoms with E-state index >= 15 is 0 Å². The largest absolute Gasteiger partial charge is 0.456 e. The normalized spacial score (nSPS) is 12.7. The van der Waals surface area contributed by atoms with Crippen LogP contribution in [-0.4, -0.2) is 0 Å². The number of anilines is 3. The lowest BCUT2D eigenvalue weighted by atomic mass is 9.81. The first-order valence-electron chi connectivity index (χ1n) is 20.4. The van der Waals surface area contributed by atoms with E-state index in [1.807, 2.05) is 0 Å². The fourth-order valence-electron chi connectivity index (χ4n) is 9.40. The number of rotatable bonds is 7. The van der Waals surface area contributed by atoms with Gasteiger partial charge in [0.2, 0.25) is 0 Å². The number of hydrogen-bond acceptors (Lipinski definition) is 2. The SMILES string of the molecule is CC1(C)c2ccccc2-c2c(-c3ccccc3)cc(N(c3ccc(-c4ccccc4)c(-c4ccccc4)c3)c3cccc4oc5ccc(-c6ccccc6)cc5c34)cc21. The highest BCUT2D eigenvalue weighted by atomic mass is 16.3. The summed E-state index contributed by atoms with van der Waals surface area (Å²) >= 11 is 0. The van der Waals surface area contributed by atoms with E-state index in [9.17, 15) is 0 Å².